The second-order valence-corrected chi connectivity index (χ2v) is 5.12. The van der Waals surface area contributed by atoms with Gasteiger partial charge in [0.15, 0.2) is 0 Å². The molecule has 0 radical (unpaired) electrons. The van der Waals surface area contributed by atoms with Crippen molar-refractivity contribution in [1.29, 1.82) is 0 Å². The first-order chi connectivity index (χ1) is 8.43. The van der Waals surface area contributed by atoms with E-state index in [0.29, 0.717) is 19.8 Å². The number of thiophene rings is 1. The van der Waals surface area contributed by atoms with Crippen LogP contribution >= 0.6 is 11.3 Å². The molecule has 0 aliphatic carbocycles. The van der Waals surface area contributed by atoms with Gasteiger partial charge in [-0.2, -0.15) is 0 Å². The zero-order valence-corrected chi connectivity index (χ0v) is 10.3. The minimum Gasteiger partial charge on any atom is -0.376 e. The minimum absolute atomic E-state index is 0.117. The van der Waals surface area contributed by atoms with Crippen LogP contribution in [0.15, 0.2) is 42.5 Å². The maximum Gasteiger partial charge on any atom is 0.115 e. The first-order valence-electron chi connectivity index (χ1n) is 5.78. The molecule has 3 rings (SSSR count). The van der Waals surface area contributed by atoms with Crippen LogP contribution in [0.4, 0.5) is 0 Å². The van der Waals surface area contributed by atoms with Crippen LogP contribution in [-0.4, -0.2) is 19.8 Å². The van der Waals surface area contributed by atoms with Crippen LogP contribution in [0.25, 0.3) is 10.4 Å². The molecule has 2 heterocycles. The van der Waals surface area contributed by atoms with E-state index in [-0.39, 0.29) is 6.10 Å². The Labute approximate surface area is 105 Å². The van der Waals surface area contributed by atoms with Crippen molar-refractivity contribution in [3.05, 3.63) is 47.3 Å². The van der Waals surface area contributed by atoms with Gasteiger partial charge < -0.3 is 9.47 Å². The van der Waals surface area contributed by atoms with E-state index >= 15 is 0 Å². The zero-order chi connectivity index (χ0) is 11.5. The molecule has 0 saturated carbocycles. The van der Waals surface area contributed by atoms with Gasteiger partial charge in [0.2, 0.25) is 0 Å². The predicted octanol–water partition coefficient (Wildman–Crippen LogP) is 3.50. The second-order valence-electron chi connectivity index (χ2n) is 4.00. The molecule has 88 valence electrons. The number of hydrogen-bond acceptors (Lipinski definition) is 3. The molecule has 1 saturated heterocycles. The van der Waals surface area contributed by atoms with E-state index in [1.807, 2.05) is 6.07 Å². The third-order valence-corrected chi connectivity index (χ3v) is 4.04. The summed E-state index contributed by atoms with van der Waals surface area (Å²) in [5, 5.41) is 0. The summed E-state index contributed by atoms with van der Waals surface area (Å²) in [5.74, 6) is 0. The van der Waals surface area contributed by atoms with Crippen molar-refractivity contribution in [2.24, 2.45) is 0 Å². The van der Waals surface area contributed by atoms with Crippen LogP contribution in [-0.2, 0) is 9.47 Å². The van der Waals surface area contributed by atoms with Crippen LogP contribution in [0.3, 0.4) is 0 Å². The molecule has 0 bridgehead atoms. The van der Waals surface area contributed by atoms with Crippen LogP contribution < -0.4 is 0 Å². The number of ether oxygens (including phenoxy) is 2. The van der Waals surface area contributed by atoms with Crippen LogP contribution in [0.2, 0.25) is 0 Å². The van der Waals surface area contributed by atoms with Gasteiger partial charge >= 0.3 is 0 Å². The lowest BCUT2D eigenvalue weighted by Gasteiger charge is -2.21. The maximum absolute atomic E-state index is 5.70. The highest BCUT2D eigenvalue weighted by molar-refractivity contribution is 7.15. The molecule has 1 aliphatic heterocycles. The smallest absolute Gasteiger partial charge is 0.115 e. The Morgan fingerprint density at radius 2 is 1.88 bits per heavy atom. The van der Waals surface area contributed by atoms with Crippen LogP contribution in [0.5, 0.6) is 0 Å². The van der Waals surface area contributed by atoms with E-state index in [0.717, 1.165) is 0 Å². The second kappa shape index (κ2) is 5.00. The van der Waals surface area contributed by atoms with Crippen molar-refractivity contribution in [1.82, 2.24) is 0 Å². The summed E-state index contributed by atoms with van der Waals surface area (Å²) in [4.78, 5) is 2.54. The standard InChI is InChI=1S/C14H14O2S/c1-2-4-11(5-3-1)13-6-7-14(17-13)12-10-15-8-9-16-12/h1-7,12H,8-10H2. The number of benzene rings is 1. The fraction of sp³-hybridized carbons (Fsp3) is 0.286. The molecule has 17 heavy (non-hydrogen) atoms. The van der Waals surface area contributed by atoms with E-state index in [1.165, 1.54) is 15.3 Å². The zero-order valence-electron chi connectivity index (χ0n) is 9.46. The minimum atomic E-state index is 0.117. The molecule has 1 aliphatic rings. The highest BCUT2D eigenvalue weighted by Crippen LogP contribution is 2.33. The molecule has 2 nitrogen and oxygen atoms in total. The highest BCUT2D eigenvalue weighted by atomic mass is 32.1. The summed E-state index contributed by atoms with van der Waals surface area (Å²) in [7, 11) is 0. The molecular formula is C14H14O2S. The Morgan fingerprint density at radius 1 is 1.00 bits per heavy atom. The van der Waals surface area contributed by atoms with Crippen LogP contribution in [0, 0.1) is 0 Å². The average Bonchev–Trinajstić information content (AvgIpc) is 2.90. The molecular weight excluding hydrogens is 232 g/mol. The molecule has 1 fully saturated rings. The fourth-order valence-electron chi connectivity index (χ4n) is 1.94. The van der Waals surface area contributed by atoms with Gasteiger partial charge in [0.1, 0.15) is 6.10 Å². The number of hydrogen-bond donors (Lipinski definition) is 0. The van der Waals surface area contributed by atoms with E-state index < -0.39 is 0 Å². The van der Waals surface area contributed by atoms with Gasteiger partial charge in [0.25, 0.3) is 0 Å². The lowest BCUT2D eigenvalue weighted by molar-refractivity contribution is -0.0887. The van der Waals surface area contributed by atoms with Crippen molar-refractivity contribution >= 4 is 11.3 Å². The summed E-state index contributed by atoms with van der Waals surface area (Å²) >= 11 is 1.79. The normalized spacial score (nSPS) is 20.4. The largest absolute Gasteiger partial charge is 0.376 e. The number of rotatable bonds is 2. The molecule has 0 N–H and O–H groups in total. The molecule has 0 spiro atoms. The quantitative estimate of drug-likeness (QED) is 0.807. The third-order valence-electron chi connectivity index (χ3n) is 2.82. The Balaban J connectivity index is 1.83. The molecule has 1 unspecified atom stereocenters. The predicted molar refractivity (Wildman–Crippen MR) is 69.3 cm³/mol. The highest BCUT2D eigenvalue weighted by Gasteiger charge is 2.18. The van der Waals surface area contributed by atoms with Crippen molar-refractivity contribution < 1.29 is 9.47 Å². The van der Waals surface area contributed by atoms with Crippen molar-refractivity contribution in [3.8, 4) is 10.4 Å². The van der Waals surface area contributed by atoms with E-state index in [9.17, 15) is 0 Å². The van der Waals surface area contributed by atoms with Crippen molar-refractivity contribution in [2.75, 3.05) is 19.8 Å². The maximum atomic E-state index is 5.70. The molecule has 1 aromatic heterocycles. The van der Waals surface area contributed by atoms with Gasteiger partial charge in [-0.25, -0.2) is 0 Å². The van der Waals surface area contributed by atoms with Gasteiger partial charge in [-0.1, -0.05) is 30.3 Å². The Morgan fingerprint density at radius 3 is 2.65 bits per heavy atom. The van der Waals surface area contributed by atoms with Gasteiger partial charge in [0.05, 0.1) is 19.8 Å². The van der Waals surface area contributed by atoms with Gasteiger partial charge in [-0.15, -0.1) is 11.3 Å². The Hall–Kier alpha value is -1.16. The van der Waals surface area contributed by atoms with Gasteiger partial charge in [-0.05, 0) is 17.7 Å². The van der Waals surface area contributed by atoms with Crippen molar-refractivity contribution in [2.45, 2.75) is 6.10 Å². The summed E-state index contributed by atoms with van der Waals surface area (Å²) < 4.78 is 11.1. The first-order valence-corrected chi connectivity index (χ1v) is 6.59. The van der Waals surface area contributed by atoms with E-state index in [4.69, 9.17) is 9.47 Å². The molecule has 1 aromatic carbocycles. The summed E-state index contributed by atoms with van der Waals surface area (Å²) in [6, 6.07) is 14.7. The van der Waals surface area contributed by atoms with E-state index in [2.05, 4.69) is 36.4 Å². The first kappa shape index (κ1) is 11.0. The summed E-state index contributed by atoms with van der Waals surface area (Å²) in [6.07, 6.45) is 0.117. The summed E-state index contributed by atoms with van der Waals surface area (Å²) in [6.45, 7) is 2.09. The van der Waals surface area contributed by atoms with E-state index in [1.54, 1.807) is 11.3 Å². The molecule has 1 atom stereocenters. The Kier molecular flexibility index (Phi) is 3.22. The molecule has 2 aromatic rings. The van der Waals surface area contributed by atoms with Crippen molar-refractivity contribution in [3.63, 3.8) is 0 Å². The SMILES string of the molecule is c1ccc(-c2ccc(C3COCCO3)s2)cc1. The topological polar surface area (TPSA) is 18.5 Å². The lowest BCUT2D eigenvalue weighted by Crippen LogP contribution is -2.21. The van der Waals surface area contributed by atoms with Gasteiger partial charge in [0, 0.05) is 9.75 Å². The van der Waals surface area contributed by atoms with Gasteiger partial charge in [-0.3, -0.25) is 0 Å². The lowest BCUT2D eigenvalue weighted by atomic mass is 10.2. The fourth-order valence-corrected chi connectivity index (χ4v) is 2.98. The average molecular weight is 246 g/mol. The third kappa shape index (κ3) is 2.41. The molecule has 0 amide bonds. The Bertz CT molecular complexity index is 472. The molecule has 3 heteroatoms. The summed E-state index contributed by atoms with van der Waals surface area (Å²) in [5.41, 5.74) is 1.26. The van der Waals surface area contributed by atoms with Crippen LogP contribution in [0.1, 0.15) is 11.0 Å². The monoisotopic (exact) mass is 246 g/mol.